The smallest absolute Gasteiger partial charge is 0.393 e. The van der Waals surface area contributed by atoms with E-state index in [9.17, 15) is 44.6 Å². The molecule has 0 fully saturated rings. The van der Waals surface area contributed by atoms with Crippen molar-refractivity contribution < 1.29 is 44.6 Å². The predicted octanol–water partition coefficient (Wildman–Crippen LogP) is 6.12. The zero-order valence-corrected chi connectivity index (χ0v) is 13.4. The standard InChI is InChI=1S/C15H21F9O/c1-2-3-4-5-6-7-8-9-11(25)10-12(16,17)13(18,19)14(20,21)15(22,23)24/h2,11,25H,1,3-10H2. The van der Waals surface area contributed by atoms with Crippen LogP contribution in [0.5, 0.6) is 0 Å². The van der Waals surface area contributed by atoms with Crippen molar-refractivity contribution >= 4 is 0 Å². The maximum absolute atomic E-state index is 13.3. The Morgan fingerprint density at radius 2 is 1.24 bits per heavy atom. The number of hydrogen-bond donors (Lipinski definition) is 1. The lowest BCUT2D eigenvalue weighted by Gasteiger charge is -2.34. The van der Waals surface area contributed by atoms with Gasteiger partial charge in [-0.15, -0.1) is 6.58 Å². The zero-order chi connectivity index (χ0) is 19.9. The highest BCUT2D eigenvalue weighted by Gasteiger charge is 2.81. The molecule has 0 aromatic heterocycles. The molecule has 0 heterocycles. The lowest BCUT2D eigenvalue weighted by molar-refractivity contribution is -0.398. The van der Waals surface area contributed by atoms with Crippen LogP contribution in [0.3, 0.4) is 0 Å². The van der Waals surface area contributed by atoms with E-state index in [1.54, 1.807) is 6.08 Å². The maximum atomic E-state index is 13.3. The number of allylic oxidation sites excluding steroid dienone is 1. The molecule has 0 bridgehead atoms. The van der Waals surface area contributed by atoms with Gasteiger partial charge in [0.2, 0.25) is 0 Å². The van der Waals surface area contributed by atoms with E-state index in [0.29, 0.717) is 12.8 Å². The number of unbranched alkanes of at least 4 members (excludes halogenated alkanes) is 5. The Labute approximate surface area is 139 Å². The molecule has 0 amide bonds. The molecule has 0 aromatic rings. The summed E-state index contributed by atoms with van der Waals surface area (Å²) in [4.78, 5) is 0. The van der Waals surface area contributed by atoms with Crippen LogP contribution < -0.4 is 0 Å². The third kappa shape index (κ3) is 6.38. The fourth-order valence-electron chi connectivity index (χ4n) is 2.13. The minimum atomic E-state index is -6.91. The van der Waals surface area contributed by atoms with E-state index in [4.69, 9.17) is 0 Å². The summed E-state index contributed by atoms with van der Waals surface area (Å²) >= 11 is 0. The number of halogens is 9. The Balaban J connectivity index is 4.56. The van der Waals surface area contributed by atoms with Gasteiger partial charge in [-0.1, -0.05) is 31.8 Å². The van der Waals surface area contributed by atoms with Crippen LogP contribution in [0.1, 0.15) is 51.4 Å². The van der Waals surface area contributed by atoms with E-state index in [1.165, 1.54) is 0 Å². The first-order valence-corrected chi connectivity index (χ1v) is 7.70. The molecule has 0 rings (SSSR count). The average molecular weight is 388 g/mol. The van der Waals surface area contributed by atoms with Gasteiger partial charge in [0, 0.05) is 6.42 Å². The lowest BCUT2D eigenvalue weighted by Crippen LogP contribution is -2.61. The van der Waals surface area contributed by atoms with Gasteiger partial charge >= 0.3 is 23.9 Å². The first kappa shape index (κ1) is 24.1. The zero-order valence-electron chi connectivity index (χ0n) is 13.4. The van der Waals surface area contributed by atoms with E-state index < -0.39 is 42.9 Å². The summed E-state index contributed by atoms with van der Waals surface area (Å²) in [5.41, 5.74) is 0. The molecular weight excluding hydrogens is 367 g/mol. The number of hydrogen-bond acceptors (Lipinski definition) is 1. The molecule has 0 saturated heterocycles. The summed E-state index contributed by atoms with van der Waals surface area (Å²) in [5, 5.41) is 9.30. The lowest BCUT2D eigenvalue weighted by atomic mass is 9.96. The highest BCUT2D eigenvalue weighted by Crippen LogP contribution is 2.54. The van der Waals surface area contributed by atoms with Gasteiger partial charge in [0.05, 0.1) is 6.10 Å². The number of alkyl halides is 9. The van der Waals surface area contributed by atoms with Gasteiger partial charge in [-0.2, -0.15) is 39.5 Å². The second kappa shape index (κ2) is 9.14. The van der Waals surface area contributed by atoms with E-state index in [2.05, 4.69) is 6.58 Å². The predicted molar refractivity (Wildman–Crippen MR) is 74.0 cm³/mol. The minimum absolute atomic E-state index is 0.159. The molecule has 0 aliphatic heterocycles. The van der Waals surface area contributed by atoms with Crippen molar-refractivity contribution in [2.24, 2.45) is 0 Å². The second-order valence-electron chi connectivity index (χ2n) is 5.84. The molecule has 1 atom stereocenters. The van der Waals surface area contributed by atoms with E-state index in [1.807, 2.05) is 0 Å². The Kier molecular flexibility index (Phi) is 8.80. The fraction of sp³-hybridized carbons (Fsp3) is 0.867. The summed E-state index contributed by atoms with van der Waals surface area (Å²) in [6.07, 6.45) is -6.06. The third-order valence-corrected chi connectivity index (χ3v) is 3.65. The molecule has 25 heavy (non-hydrogen) atoms. The maximum Gasteiger partial charge on any atom is 0.460 e. The largest absolute Gasteiger partial charge is 0.460 e. The van der Waals surface area contributed by atoms with Crippen molar-refractivity contribution in [3.63, 3.8) is 0 Å². The fourth-order valence-corrected chi connectivity index (χ4v) is 2.13. The van der Waals surface area contributed by atoms with Gasteiger partial charge in [-0.3, -0.25) is 0 Å². The molecule has 1 nitrogen and oxygen atoms in total. The summed E-state index contributed by atoms with van der Waals surface area (Å²) in [6, 6.07) is 0. The van der Waals surface area contributed by atoms with Gasteiger partial charge in [0.1, 0.15) is 0 Å². The molecule has 0 saturated carbocycles. The molecule has 150 valence electrons. The highest BCUT2D eigenvalue weighted by molar-refractivity contribution is 5.00. The topological polar surface area (TPSA) is 20.2 Å². The van der Waals surface area contributed by atoms with Gasteiger partial charge < -0.3 is 5.11 Å². The first-order chi connectivity index (χ1) is 11.2. The summed E-state index contributed by atoms with van der Waals surface area (Å²) < 4.78 is 114. The quantitative estimate of drug-likeness (QED) is 0.243. The number of rotatable bonds is 12. The Bertz CT molecular complexity index is 404. The normalized spacial score (nSPS) is 15.3. The Morgan fingerprint density at radius 1 is 0.760 bits per heavy atom. The average Bonchev–Trinajstić information content (AvgIpc) is 2.44. The van der Waals surface area contributed by atoms with Crippen LogP contribution in [0.4, 0.5) is 39.5 Å². The molecule has 0 spiro atoms. The van der Waals surface area contributed by atoms with Crippen LogP contribution in [0, 0.1) is 0 Å². The molecular formula is C15H21F9O. The van der Waals surface area contributed by atoms with Crippen molar-refractivity contribution in [1.29, 1.82) is 0 Å². The Hall–Kier alpha value is -0.930. The molecule has 1 N–H and O–H groups in total. The van der Waals surface area contributed by atoms with Crippen LogP contribution in [-0.4, -0.2) is 35.2 Å². The van der Waals surface area contributed by atoms with Crippen LogP contribution >= 0.6 is 0 Å². The molecule has 0 aromatic carbocycles. The third-order valence-electron chi connectivity index (χ3n) is 3.65. The first-order valence-electron chi connectivity index (χ1n) is 7.70. The van der Waals surface area contributed by atoms with Crippen molar-refractivity contribution in [2.75, 3.05) is 0 Å². The van der Waals surface area contributed by atoms with Gasteiger partial charge in [-0.05, 0) is 19.3 Å². The van der Waals surface area contributed by atoms with E-state index in [0.717, 1.165) is 19.3 Å². The summed E-state index contributed by atoms with van der Waals surface area (Å²) in [5.74, 6) is -19.3. The summed E-state index contributed by atoms with van der Waals surface area (Å²) in [7, 11) is 0. The monoisotopic (exact) mass is 388 g/mol. The van der Waals surface area contributed by atoms with Crippen molar-refractivity contribution in [3.05, 3.63) is 12.7 Å². The van der Waals surface area contributed by atoms with Crippen molar-refractivity contribution in [2.45, 2.75) is 81.4 Å². The number of aliphatic hydroxyl groups is 1. The highest BCUT2D eigenvalue weighted by atomic mass is 19.4. The van der Waals surface area contributed by atoms with E-state index >= 15 is 0 Å². The molecule has 0 aliphatic rings. The van der Waals surface area contributed by atoms with Crippen molar-refractivity contribution in [1.82, 2.24) is 0 Å². The molecule has 10 heteroatoms. The second-order valence-corrected chi connectivity index (χ2v) is 5.84. The van der Waals surface area contributed by atoms with E-state index in [-0.39, 0.29) is 6.42 Å². The van der Waals surface area contributed by atoms with Crippen LogP contribution in [0.15, 0.2) is 12.7 Å². The van der Waals surface area contributed by atoms with Gasteiger partial charge in [0.15, 0.2) is 0 Å². The van der Waals surface area contributed by atoms with Crippen LogP contribution in [0.25, 0.3) is 0 Å². The van der Waals surface area contributed by atoms with Crippen LogP contribution in [0.2, 0.25) is 0 Å². The molecule has 0 radical (unpaired) electrons. The molecule has 1 unspecified atom stereocenters. The summed E-state index contributed by atoms with van der Waals surface area (Å²) in [6.45, 7) is 3.51. The van der Waals surface area contributed by atoms with Gasteiger partial charge in [-0.25, -0.2) is 0 Å². The van der Waals surface area contributed by atoms with Crippen molar-refractivity contribution in [3.8, 4) is 0 Å². The SMILES string of the molecule is C=CCCCCCCCC(O)CC(F)(F)C(F)(F)C(F)(F)C(F)(F)F. The Morgan fingerprint density at radius 3 is 1.72 bits per heavy atom. The minimum Gasteiger partial charge on any atom is -0.393 e. The molecule has 0 aliphatic carbocycles. The van der Waals surface area contributed by atoms with Gasteiger partial charge in [0.25, 0.3) is 0 Å². The van der Waals surface area contributed by atoms with Crippen LogP contribution in [-0.2, 0) is 0 Å². The number of aliphatic hydroxyl groups excluding tert-OH is 1.